The minimum Gasteiger partial charge on any atom is -0.298 e. The molecule has 0 bridgehead atoms. The second-order valence-corrected chi connectivity index (χ2v) is 9.37. The molecule has 0 heterocycles. The van der Waals surface area contributed by atoms with Gasteiger partial charge in [0.2, 0.25) is 0 Å². The van der Waals surface area contributed by atoms with E-state index in [-0.39, 0.29) is 0 Å². The molecule has 0 aliphatic rings. The minimum absolute atomic E-state index is 0.753. The van der Waals surface area contributed by atoms with E-state index in [1.54, 1.807) is 0 Å². The second kappa shape index (κ2) is 8.37. The molecule has 1 atom stereocenters. The predicted octanol–water partition coefficient (Wildman–Crippen LogP) is 5.28. The van der Waals surface area contributed by atoms with Crippen molar-refractivity contribution in [3.8, 4) is 0 Å². The van der Waals surface area contributed by atoms with Gasteiger partial charge in [-0.1, -0.05) is 37.6 Å². The third kappa shape index (κ3) is 5.96. The number of rotatable bonds is 8. The Morgan fingerprint density at radius 3 is 1.46 bits per heavy atom. The van der Waals surface area contributed by atoms with Gasteiger partial charge in [0, 0.05) is 0 Å². The Balaban J connectivity index is 1.93. The Morgan fingerprint density at radius 1 is 0.654 bits per heavy atom. The van der Waals surface area contributed by atoms with Crippen LogP contribution in [-0.4, -0.2) is 42.3 Å². The average Bonchev–Trinajstić information content (AvgIpc) is 2.58. The molecule has 2 heteroatoms. The van der Waals surface area contributed by atoms with E-state index in [9.17, 15) is 0 Å². The van der Waals surface area contributed by atoms with Crippen molar-refractivity contribution in [1.29, 1.82) is 0 Å². The van der Waals surface area contributed by atoms with E-state index in [0.717, 1.165) is 14.9 Å². The van der Waals surface area contributed by atoms with Crippen LogP contribution in [-0.2, 0) is 12.8 Å². The fourth-order valence-electron chi connectivity index (χ4n) is 3.34. The van der Waals surface area contributed by atoms with Crippen LogP contribution < -0.4 is 8.97 Å². The molecule has 0 spiro atoms. The molecule has 0 N–H and O–H groups in total. The Bertz CT molecular complexity index is 670. The van der Waals surface area contributed by atoms with Crippen LogP contribution in [0, 0.1) is 5.92 Å². The zero-order chi connectivity index (χ0) is 19.4. The fourth-order valence-corrected chi connectivity index (χ4v) is 3.34. The molecule has 2 aromatic carbocycles. The highest BCUT2D eigenvalue weighted by atomic mass is 15.3. The zero-order valence-corrected chi connectivity index (χ0v) is 17.9. The van der Waals surface area contributed by atoms with Crippen LogP contribution in [0.4, 0.5) is 11.4 Å². The van der Waals surface area contributed by atoms with Crippen LogP contribution >= 0.6 is 0 Å². The van der Waals surface area contributed by atoms with Gasteiger partial charge in [0.1, 0.15) is 11.4 Å². The van der Waals surface area contributed by atoms with Gasteiger partial charge in [-0.3, -0.25) is 8.97 Å². The van der Waals surface area contributed by atoms with Gasteiger partial charge in [-0.2, -0.15) is 0 Å². The van der Waals surface area contributed by atoms with Gasteiger partial charge >= 0.3 is 0 Å². The van der Waals surface area contributed by atoms with Crippen LogP contribution in [0.3, 0.4) is 0 Å². The Labute approximate surface area is 161 Å². The minimum atomic E-state index is 0.753. The summed E-state index contributed by atoms with van der Waals surface area (Å²) in [5.74, 6) is 0.753. The summed E-state index contributed by atoms with van der Waals surface area (Å²) in [6, 6.07) is 18.4. The number of benzene rings is 2. The monoisotopic (exact) mass is 354 g/mol. The molecule has 0 saturated carbocycles. The Morgan fingerprint density at radius 2 is 1.08 bits per heavy atom. The summed E-state index contributed by atoms with van der Waals surface area (Å²) in [6.07, 6.45) is 4.86. The number of nitrogens with zero attached hydrogens (tertiary/aromatic N) is 2. The van der Waals surface area contributed by atoms with Gasteiger partial charge in [-0.15, -0.1) is 0 Å². The first kappa shape index (κ1) is 20.7. The lowest BCUT2D eigenvalue weighted by Crippen LogP contribution is -2.34. The van der Waals surface area contributed by atoms with Crippen molar-refractivity contribution in [1.82, 2.24) is 8.97 Å². The first-order valence-corrected chi connectivity index (χ1v) is 9.91. The highest BCUT2D eigenvalue weighted by Crippen LogP contribution is 2.23. The van der Waals surface area contributed by atoms with Gasteiger partial charge in [-0.25, -0.2) is 0 Å². The molecule has 26 heavy (non-hydrogen) atoms. The summed E-state index contributed by atoms with van der Waals surface area (Å²) in [5, 5.41) is 0. The molecule has 0 aliphatic carbocycles. The molecule has 0 aromatic heterocycles. The second-order valence-electron chi connectivity index (χ2n) is 9.37. The van der Waals surface area contributed by atoms with Crippen LogP contribution in [0.2, 0.25) is 0 Å². The lowest BCUT2D eigenvalue weighted by Gasteiger charge is -2.24. The third-order valence-electron chi connectivity index (χ3n) is 5.36. The normalized spacial score (nSPS) is 13.7. The Hall–Kier alpha value is -1.64. The molecule has 142 valence electrons. The maximum Gasteiger partial charge on any atom is 0.132 e. The van der Waals surface area contributed by atoms with Crippen molar-refractivity contribution in [3.05, 3.63) is 59.7 Å². The van der Waals surface area contributed by atoms with Gasteiger partial charge in [-0.05, 0) is 60.6 Å². The number of quaternary nitrogens is 2. The Kier molecular flexibility index (Phi) is 6.65. The van der Waals surface area contributed by atoms with Crippen molar-refractivity contribution < 1.29 is 0 Å². The fraction of sp³-hybridized carbons (Fsp3) is 0.500. The van der Waals surface area contributed by atoms with Crippen molar-refractivity contribution in [2.75, 3.05) is 42.3 Å². The van der Waals surface area contributed by atoms with E-state index >= 15 is 0 Å². The maximum atomic E-state index is 2.32. The topological polar surface area (TPSA) is 0 Å². The molecule has 2 rings (SSSR count). The first-order chi connectivity index (χ1) is 12.1. The summed E-state index contributed by atoms with van der Waals surface area (Å²) in [7, 11) is 13.3. The van der Waals surface area contributed by atoms with Crippen LogP contribution in [0.25, 0.3) is 0 Å². The third-order valence-corrected chi connectivity index (χ3v) is 5.36. The van der Waals surface area contributed by atoms with Crippen LogP contribution in [0.15, 0.2) is 48.5 Å². The molecule has 0 fully saturated rings. The van der Waals surface area contributed by atoms with Gasteiger partial charge in [0.05, 0.1) is 42.3 Å². The predicted molar refractivity (Wildman–Crippen MR) is 118 cm³/mol. The number of hydrogen-bond acceptors (Lipinski definition) is 0. The standard InChI is InChI=1S/C24H38N2/c1-8-20(19-22-13-17-24(18-14-22)26(5,6)7)9-10-21-11-15-23(16-12-21)25(2,3)4/h11-18,20H,8-10,19H2,1-7H3/q+2. The van der Waals surface area contributed by atoms with Crippen molar-refractivity contribution >= 4 is 11.4 Å². The van der Waals surface area contributed by atoms with E-state index in [2.05, 4.69) is 97.7 Å². The van der Waals surface area contributed by atoms with E-state index in [1.165, 1.54) is 48.2 Å². The molecule has 0 saturated heterocycles. The molecule has 2 nitrogen and oxygen atoms in total. The summed E-state index contributed by atoms with van der Waals surface area (Å²) in [5.41, 5.74) is 5.65. The molecular weight excluding hydrogens is 316 g/mol. The van der Waals surface area contributed by atoms with Crippen molar-refractivity contribution in [2.45, 2.75) is 32.6 Å². The molecular formula is C24H38N2+2. The maximum absolute atomic E-state index is 2.32. The summed E-state index contributed by atoms with van der Waals surface area (Å²) in [4.78, 5) is 0. The van der Waals surface area contributed by atoms with Crippen LogP contribution in [0.1, 0.15) is 30.9 Å². The van der Waals surface area contributed by atoms with Gasteiger partial charge in [0.15, 0.2) is 0 Å². The SMILES string of the molecule is CCC(CCc1ccc([N+](C)(C)C)cc1)Cc1ccc([N+](C)(C)C)cc1. The van der Waals surface area contributed by atoms with E-state index in [4.69, 9.17) is 0 Å². The molecule has 0 radical (unpaired) electrons. The lowest BCUT2D eigenvalue weighted by molar-refractivity contribution is 0.466. The molecule has 0 amide bonds. The highest BCUT2D eigenvalue weighted by Gasteiger charge is 2.14. The van der Waals surface area contributed by atoms with Gasteiger partial charge < -0.3 is 0 Å². The average molecular weight is 355 g/mol. The largest absolute Gasteiger partial charge is 0.298 e. The van der Waals surface area contributed by atoms with Crippen LogP contribution in [0.5, 0.6) is 0 Å². The zero-order valence-electron chi connectivity index (χ0n) is 17.9. The molecule has 0 aliphatic heterocycles. The van der Waals surface area contributed by atoms with E-state index < -0.39 is 0 Å². The number of aryl methyl sites for hydroxylation is 1. The van der Waals surface area contributed by atoms with Crippen molar-refractivity contribution in [2.24, 2.45) is 5.92 Å². The summed E-state index contributed by atoms with van der Waals surface area (Å²) < 4.78 is 1.75. The molecule has 1 unspecified atom stereocenters. The van der Waals surface area contributed by atoms with E-state index in [0.29, 0.717) is 0 Å². The highest BCUT2D eigenvalue weighted by molar-refractivity contribution is 5.43. The quantitative estimate of drug-likeness (QED) is 0.566. The summed E-state index contributed by atoms with van der Waals surface area (Å²) >= 11 is 0. The lowest BCUT2D eigenvalue weighted by atomic mass is 9.91. The number of hydrogen-bond donors (Lipinski definition) is 0. The summed E-state index contributed by atoms with van der Waals surface area (Å²) in [6.45, 7) is 2.32. The van der Waals surface area contributed by atoms with E-state index in [1.807, 2.05) is 0 Å². The van der Waals surface area contributed by atoms with Gasteiger partial charge in [0.25, 0.3) is 0 Å². The van der Waals surface area contributed by atoms with Crippen molar-refractivity contribution in [3.63, 3.8) is 0 Å². The first-order valence-electron chi connectivity index (χ1n) is 9.91. The smallest absolute Gasteiger partial charge is 0.132 e. The molecule has 2 aromatic rings.